The first-order chi connectivity index (χ1) is 6.06. The van der Waals surface area contributed by atoms with Gasteiger partial charge in [-0.2, -0.15) is 0 Å². The van der Waals surface area contributed by atoms with E-state index < -0.39 is 17.7 Å². The molecule has 0 amide bonds. The summed E-state index contributed by atoms with van der Waals surface area (Å²) in [6.07, 6.45) is 1.26. The lowest BCUT2D eigenvalue weighted by molar-refractivity contribution is 0.546. The lowest BCUT2D eigenvalue weighted by atomic mass is 10.1. The van der Waals surface area contributed by atoms with E-state index in [9.17, 15) is 8.78 Å². The fraction of sp³-hybridized carbons (Fsp3) is 0.111. The topological polar surface area (TPSA) is 26.0 Å². The monoisotopic (exact) mass is 239 g/mol. The first kappa shape index (κ1) is 13.4. The fourth-order valence-electron chi connectivity index (χ4n) is 0.990. The van der Waals surface area contributed by atoms with Crippen LogP contribution in [0, 0.1) is 11.6 Å². The maximum atomic E-state index is 13.1. The number of halogens is 4. The third-order valence-corrected chi connectivity index (χ3v) is 1.85. The maximum absolute atomic E-state index is 13.1. The van der Waals surface area contributed by atoms with Crippen molar-refractivity contribution >= 4 is 24.0 Å². The molecule has 1 atom stereocenters. The van der Waals surface area contributed by atoms with Crippen LogP contribution in [0.3, 0.4) is 0 Å². The Morgan fingerprint density at radius 2 is 1.79 bits per heavy atom. The third-order valence-electron chi connectivity index (χ3n) is 1.63. The number of nitrogens with two attached hydrogens (primary N) is 1. The molecule has 0 unspecified atom stereocenters. The standard InChI is InChI=1S/C9H8ClF2N.ClH/c1-2-8(13)9-6(11)3-5(10)4-7(9)12;/h2-4,8H,1,13H2;1H/t8-;/m0./s1. The number of hydrogen-bond donors (Lipinski definition) is 1. The van der Waals surface area contributed by atoms with Crippen molar-refractivity contribution in [2.45, 2.75) is 6.04 Å². The SMILES string of the molecule is C=C[C@H](N)c1c(F)cc(Cl)cc1F.Cl. The van der Waals surface area contributed by atoms with E-state index in [1.807, 2.05) is 0 Å². The minimum absolute atomic E-state index is 0. The molecule has 78 valence electrons. The van der Waals surface area contributed by atoms with Gasteiger partial charge in [0.05, 0.1) is 6.04 Å². The van der Waals surface area contributed by atoms with Crippen molar-refractivity contribution in [1.29, 1.82) is 0 Å². The molecule has 14 heavy (non-hydrogen) atoms. The van der Waals surface area contributed by atoms with Gasteiger partial charge in [-0.3, -0.25) is 0 Å². The first-order valence-electron chi connectivity index (χ1n) is 3.59. The van der Waals surface area contributed by atoms with E-state index in [2.05, 4.69) is 6.58 Å². The summed E-state index contributed by atoms with van der Waals surface area (Å²) in [5.41, 5.74) is 5.20. The Bertz CT molecular complexity index is 319. The molecule has 0 bridgehead atoms. The van der Waals surface area contributed by atoms with E-state index >= 15 is 0 Å². The van der Waals surface area contributed by atoms with Crippen LogP contribution in [0.1, 0.15) is 11.6 Å². The molecule has 0 heterocycles. The highest BCUT2D eigenvalue weighted by Crippen LogP contribution is 2.23. The molecule has 0 saturated carbocycles. The molecule has 1 aromatic carbocycles. The fourth-order valence-corrected chi connectivity index (χ4v) is 1.18. The third kappa shape index (κ3) is 2.67. The van der Waals surface area contributed by atoms with Gasteiger partial charge in [-0.15, -0.1) is 19.0 Å². The quantitative estimate of drug-likeness (QED) is 0.789. The summed E-state index contributed by atoms with van der Waals surface area (Å²) in [5, 5.41) is 0.00927. The van der Waals surface area contributed by atoms with Gasteiger partial charge in [0, 0.05) is 10.6 Å². The van der Waals surface area contributed by atoms with Crippen LogP contribution in [-0.2, 0) is 0 Å². The predicted molar refractivity (Wildman–Crippen MR) is 55.7 cm³/mol. The Labute approximate surface area is 92.0 Å². The molecule has 2 N–H and O–H groups in total. The molecular formula is C9H9Cl2F2N. The van der Waals surface area contributed by atoms with Crippen LogP contribution >= 0.6 is 24.0 Å². The zero-order valence-electron chi connectivity index (χ0n) is 7.14. The van der Waals surface area contributed by atoms with Crippen LogP contribution in [0.2, 0.25) is 5.02 Å². The summed E-state index contributed by atoms with van der Waals surface area (Å²) in [7, 11) is 0. The highest BCUT2D eigenvalue weighted by atomic mass is 35.5. The van der Waals surface area contributed by atoms with Gasteiger partial charge in [-0.05, 0) is 12.1 Å². The van der Waals surface area contributed by atoms with Crippen LogP contribution < -0.4 is 5.73 Å². The van der Waals surface area contributed by atoms with Crippen molar-refractivity contribution in [1.82, 2.24) is 0 Å². The Morgan fingerprint density at radius 3 is 2.14 bits per heavy atom. The average molecular weight is 240 g/mol. The van der Waals surface area contributed by atoms with E-state index in [1.165, 1.54) is 6.08 Å². The average Bonchev–Trinajstić information content (AvgIpc) is 2.02. The number of hydrogen-bond acceptors (Lipinski definition) is 1. The molecule has 0 radical (unpaired) electrons. The Balaban J connectivity index is 0.00000169. The lowest BCUT2D eigenvalue weighted by Gasteiger charge is -2.09. The normalized spacial score (nSPS) is 11.7. The highest BCUT2D eigenvalue weighted by Gasteiger charge is 2.14. The first-order valence-corrected chi connectivity index (χ1v) is 3.96. The van der Waals surface area contributed by atoms with Crippen LogP contribution in [0.15, 0.2) is 24.8 Å². The van der Waals surface area contributed by atoms with Crippen LogP contribution in [0.4, 0.5) is 8.78 Å². The van der Waals surface area contributed by atoms with Gasteiger partial charge in [-0.1, -0.05) is 17.7 Å². The second kappa shape index (κ2) is 5.29. The second-order valence-corrected chi connectivity index (χ2v) is 2.98. The maximum Gasteiger partial charge on any atom is 0.132 e. The van der Waals surface area contributed by atoms with Gasteiger partial charge < -0.3 is 5.73 Å². The molecule has 0 aliphatic rings. The van der Waals surface area contributed by atoms with Crippen molar-refractivity contribution in [3.8, 4) is 0 Å². The molecule has 1 rings (SSSR count). The van der Waals surface area contributed by atoms with E-state index in [0.717, 1.165) is 12.1 Å². The molecule has 0 spiro atoms. The van der Waals surface area contributed by atoms with Crippen molar-refractivity contribution in [2.75, 3.05) is 0 Å². The Hall–Kier alpha value is -0.640. The molecule has 0 aliphatic carbocycles. The zero-order chi connectivity index (χ0) is 10.0. The highest BCUT2D eigenvalue weighted by molar-refractivity contribution is 6.30. The minimum atomic E-state index is -0.850. The van der Waals surface area contributed by atoms with Gasteiger partial charge in [0.2, 0.25) is 0 Å². The van der Waals surface area contributed by atoms with Gasteiger partial charge in [0.25, 0.3) is 0 Å². The van der Waals surface area contributed by atoms with Gasteiger partial charge >= 0.3 is 0 Å². The number of rotatable bonds is 2. The summed E-state index contributed by atoms with van der Waals surface area (Å²) >= 11 is 5.42. The van der Waals surface area contributed by atoms with Crippen LogP contribution in [0.5, 0.6) is 0 Å². The van der Waals surface area contributed by atoms with Crippen LogP contribution in [-0.4, -0.2) is 0 Å². The van der Waals surface area contributed by atoms with E-state index in [0.29, 0.717) is 0 Å². The molecule has 0 fully saturated rings. The summed E-state index contributed by atoms with van der Waals surface area (Å²) in [4.78, 5) is 0. The molecule has 1 aromatic rings. The molecule has 0 aliphatic heterocycles. The predicted octanol–water partition coefficient (Wildman–Crippen LogP) is 3.23. The smallest absolute Gasteiger partial charge is 0.132 e. The second-order valence-electron chi connectivity index (χ2n) is 2.54. The largest absolute Gasteiger partial charge is 0.321 e. The lowest BCUT2D eigenvalue weighted by Crippen LogP contribution is -2.11. The zero-order valence-corrected chi connectivity index (χ0v) is 8.71. The minimum Gasteiger partial charge on any atom is -0.321 e. The van der Waals surface area contributed by atoms with Crippen LogP contribution in [0.25, 0.3) is 0 Å². The summed E-state index contributed by atoms with van der Waals surface area (Å²) in [6, 6.07) is 1.18. The van der Waals surface area contributed by atoms with Crippen molar-refractivity contribution < 1.29 is 8.78 Å². The van der Waals surface area contributed by atoms with E-state index in [-0.39, 0.29) is 23.0 Å². The number of benzene rings is 1. The molecule has 1 nitrogen and oxygen atoms in total. The molecule has 0 aromatic heterocycles. The summed E-state index contributed by atoms with van der Waals surface area (Å²) in [6.45, 7) is 3.35. The van der Waals surface area contributed by atoms with Crippen molar-refractivity contribution in [2.24, 2.45) is 5.73 Å². The van der Waals surface area contributed by atoms with Crippen molar-refractivity contribution in [3.63, 3.8) is 0 Å². The Kier molecular flexibility index (Phi) is 5.05. The van der Waals surface area contributed by atoms with Gasteiger partial charge in [-0.25, -0.2) is 8.78 Å². The van der Waals surface area contributed by atoms with E-state index in [1.54, 1.807) is 0 Å². The molecule has 0 saturated heterocycles. The van der Waals surface area contributed by atoms with Crippen molar-refractivity contribution in [3.05, 3.63) is 47.0 Å². The molecule has 5 heteroatoms. The van der Waals surface area contributed by atoms with Gasteiger partial charge in [0.15, 0.2) is 0 Å². The summed E-state index contributed by atoms with van der Waals surface area (Å²) in [5.74, 6) is -1.50. The van der Waals surface area contributed by atoms with Gasteiger partial charge in [0.1, 0.15) is 11.6 Å². The summed E-state index contributed by atoms with van der Waals surface area (Å²) < 4.78 is 26.2. The Morgan fingerprint density at radius 1 is 1.36 bits per heavy atom. The van der Waals surface area contributed by atoms with E-state index in [4.69, 9.17) is 17.3 Å². The molecular weight excluding hydrogens is 231 g/mol.